The molecule has 0 aliphatic rings. The van der Waals surface area contributed by atoms with E-state index < -0.39 is 28.5 Å². The van der Waals surface area contributed by atoms with Gasteiger partial charge in [0.25, 0.3) is 5.91 Å². The number of nitrogens with zero attached hydrogens (tertiary/aromatic N) is 1. The van der Waals surface area contributed by atoms with Crippen molar-refractivity contribution in [3.63, 3.8) is 0 Å². The molecule has 32 heavy (non-hydrogen) atoms. The Bertz CT molecular complexity index is 1100. The Labute approximate surface area is 188 Å². The highest BCUT2D eigenvalue weighted by atomic mass is 32.2. The molecule has 174 valence electrons. The van der Waals surface area contributed by atoms with E-state index in [0.717, 1.165) is 4.31 Å². The van der Waals surface area contributed by atoms with Gasteiger partial charge in [0, 0.05) is 19.8 Å². The van der Waals surface area contributed by atoms with E-state index in [0.29, 0.717) is 22.7 Å². The molecule has 2 rings (SSSR count). The van der Waals surface area contributed by atoms with Gasteiger partial charge in [-0.2, -0.15) is 0 Å². The number of anilines is 1. The van der Waals surface area contributed by atoms with Crippen LogP contribution in [0.1, 0.15) is 29.8 Å². The van der Waals surface area contributed by atoms with Crippen molar-refractivity contribution in [3.8, 4) is 11.5 Å². The predicted octanol–water partition coefficient (Wildman–Crippen LogP) is 2.84. The van der Waals surface area contributed by atoms with Crippen LogP contribution in [-0.2, 0) is 19.6 Å². The summed E-state index contributed by atoms with van der Waals surface area (Å²) in [7, 11) is 0.639. The van der Waals surface area contributed by atoms with Gasteiger partial charge in [0.15, 0.2) is 18.1 Å². The summed E-state index contributed by atoms with van der Waals surface area (Å²) in [5, 5.41) is 2.58. The number of methoxy groups -OCH3 is 1. The first kappa shape index (κ1) is 25.2. The Balaban J connectivity index is 2.07. The first-order valence-electron chi connectivity index (χ1n) is 9.80. The van der Waals surface area contributed by atoms with Crippen molar-refractivity contribution in [3.05, 3.63) is 47.5 Å². The Morgan fingerprint density at radius 3 is 2.34 bits per heavy atom. The molecule has 1 amide bonds. The van der Waals surface area contributed by atoms with Gasteiger partial charge in [0.05, 0.1) is 23.7 Å². The molecule has 0 saturated heterocycles. The van der Waals surface area contributed by atoms with Gasteiger partial charge >= 0.3 is 5.97 Å². The Morgan fingerprint density at radius 1 is 1.06 bits per heavy atom. The van der Waals surface area contributed by atoms with Crippen LogP contribution in [0.25, 0.3) is 0 Å². The normalized spacial score (nSPS) is 11.4. The van der Waals surface area contributed by atoms with E-state index >= 15 is 0 Å². The number of rotatable bonds is 9. The fourth-order valence-corrected chi connectivity index (χ4v) is 3.58. The third-order valence-corrected chi connectivity index (χ3v) is 6.17. The number of hydrogen-bond acceptors (Lipinski definition) is 7. The lowest BCUT2D eigenvalue weighted by atomic mass is 10.2. The number of esters is 1. The van der Waals surface area contributed by atoms with E-state index in [1.165, 1.54) is 45.5 Å². The average molecular weight is 465 g/mol. The zero-order valence-corrected chi connectivity index (χ0v) is 19.8. The quantitative estimate of drug-likeness (QED) is 0.568. The number of benzene rings is 2. The van der Waals surface area contributed by atoms with Crippen LogP contribution in [0.15, 0.2) is 41.3 Å². The maximum Gasteiger partial charge on any atom is 0.338 e. The third-order valence-electron chi connectivity index (χ3n) is 4.36. The second kappa shape index (κ2) is 10.5. The molecular formula is C22H28N2O7S. The molecule has 0 fully saturated rings. The summed E-state index contributed by atoms with van der Waals surface area (Å²) >= 11 is 0. The summed E-state index contributed by atoms with van der Waals surface area (Å²) in [5.41, 5.74) is 1.17. The van der Waals surface area contributed by atoms with Crippen molar-refractivity contribution in [1.29, 1.82) is 0 Å². The van der Waals surface area contributed by atoms with Crippen molar-refractivity contribution in [2.45, 2.75) is 31.8 Å². The molecule has 0 atom stereocenters. The molecule has 0 aliphatic carbocycles. The molecule has 2 aromatic carbocycles. The number of sulfonamides is 1. The molecule has 1 N–H and O–H groups in total. The van der Waals surface area contributed by atoms with Gasteiger partial charge < -0.3 is 19.5 Å². The summed E-state index contributed by atoms with van der Waals surface area (Å²) < 4.78 is 41.6. The fourth-order valence-electron chi connectivity index (χ4n) is 2.65. The summed E-state index contributed by atoms with van der Waals surface area (Å²) in [4.78, 5) is 24.7. The molecule has 10 heteroatoms. The van der Waals surface area contributed by atoms with Crippen molar-refractivity contribution < 1.29 is 32.2 Å². The van der Waals surface area contributed by atoms with Gasteiger partial charge in [-0.1, -0.05) is 6.07 Å². The van der Waals surface area contributed by atoms with Gasteiger partial charge in [0.1, 0.15) is 0 Å². The van der Waals surface area contributed by atoms with E-state index in [2.05, 4.69) is 5.32 Å². The number of ether oxygens (including phenoxy) is 3. The number of hydrogen-bond donors (Lipinski definition) is 1. The molecule has 0 heterocycles. The predicted molar refractivity (Wildman–Crippen MR) is 120 cm³/mol. The van der Waals surface area contributed by atoms with Gasteiger partial charge in [-0.25, -0.2) is 17.5 Å². The molecule has 0 saturated carbocycles. The van der Waals surface area contributed by atoms with Crippen LogP contribution in [-0.4, -0.2) is 58.5 Å². The van der Waals surface area contributed by atoms with Gasteiger partial charge in [-0.05, 0) is 56.7 Å². The van der Waals surface area contributed by atoms with Crippen molar-refractivity contribution in [2.75, 3.05) is 33.1 Å². The second-order valence-corrected chi connectivity index (χ2v) is 9.57. The molecule has 0 unspecified atom stereocenters. The standard InChI is InChI=1S/C22H28N2O7S/c1-14(2)31-19-10-8-16(11-20(19)29-6)22(26)30-13-21(25)23-18-12-17(9-7-15(18)3)32(27,28)24(4)5/h7-12,14H,13H2,1-6H3,(H,23,25). The molecule has 0 aromatic heterocycles. The third kappa shape index (κ3) is 6.21. The second-order valence-electron chi connectivity index (χ2n) is 7.42. The zero-order chi connectivity index (χ0) is 24.1. The summed E-state index contributed by atoms with van der Waals surface area (Å²) in [6.45, 7) is 4.91. The Kier molecular flexibility index (Phi) is 8.23. The van der Waals surface area contributed by atoms with E-state index in [1.807, 2.05) is 13.8 Å². The molecular weight excluding hydrogens is 436 g/mol. The maximum absolute atomic E-state index is 12.3. The number of aryl methyl sites for hydroxylation is 1. The average Bonchev–Trinajstić information content (AvgIpc) is 2.73. The van der Waals surface area contributed by atoms with Gasteiger partial charge in [0.2, 0.25) is 10.0 Å². The fraction of sp³-hybridized carbons (Fsp3) is 0.364. The van der Waals surface area contributed by atoms with Crippen LogP contribution in [0, 0.1) is 6.92 Å². The summed E-state index contributed by atoms with van der Waals surface area (Å²) in [5.74, 6) is -0.463. The summed E-state index contributed by atoms with van der Waals surface area (Å²) in [6, 6.07) is 8.99. The van der Waals surface area contributed by atoms with Crippen LogP contribution in [0.3, 0.4) is 0 Å². The zero-order valence-electron chi connectivity index (χ0n) is 19.0. The van der Waals surface area contributed by atoms with E-state index in [4.69, 9.17) is 14.2 Å². The van der Waals surface area contributed by atoms with Crippen LogP contribution < -0.4 is 14.8 Å². The number of carbonyl (C=O) groups excluding carboxylic acids is 2. The van der Waals surface area contributed by atoms with Crippen LogP contribution >= 0.6 is 0 Å². The highest BCUT2D eigenvalue weighted by Gasteiger charge is 2.19. The highest BCUT2D eigenvalue weighted by Crippen LogP contribution is 2.29. The number of nitrogens with one attached hydrogen (secondary N) is 1. The highest BCUT2D eigenvalue weighted by molar-refractivity contribution is 7.89. The molecule has 2 aromatic rings. The molecule has 0 spiro atoms. The topological polar surface area (TPSA) is 111 Å². The van der Waals surface area contributed by atoms with Gasteiger partial charge in [-0.15, -0.1) is 0 Å². The van der Waals surface area contributed by atoms with Gasteiger partial charge in [-0.3, -0.25) is 4.79 Å². The maximum atomic E-state index is 12.3. The van der Waals surface area contributed by atoms with E-state index in [-0.39, 0.29) is 16.6 Å². The smallest absolute Gasteiger partial charge is 0.338 e. The van der Waals surface area contributed by atoms with Crippen LogP contribution in [0.4, 0.5) is 5.69 Å². The Hall–Kier alpha value is -3.11. The van der Waals surface area contributed by atoms with E-state index in [9.17, 15) is 18.0 Å². The minimum Gasteiger partial charge on any atom is -0.493 e. The number of carbonyl (C=O) groups is 2. The lowest BCUT2D eigenvalue weighted by Gasteiger charge is -2.15. The van der Waals surface area contributed by atoms with E-state index in [1.54, 1.807) is 19.1 Å². The minimum atomic E-state index is -3.66. The molecule has 0 radical (unpaired) electrons. The van der Waals surface area contributed by atoms with Crippen molar-refractivity contribution >= 4 is 27.6 Å². The first-order valence-corrected chi connectivity index (χ1v) is 11.2. The summed E-state index contributed by atoms with van der Waals surface area (Å²) in [6.07, 6.45) is -0.0694. The SMILES string of the molecule is COc1cc(C(=O)OCC(=O)Nc2cc(S(=O)(=O)N(C)C)ccc2C)ccc1OC(C)C. The lowest BCUT2D eigenvalue weighted by Crippen LogP contribution is -2.23. The first-order chi connectivity index (χ1) is 14.9. The molecule has 0 bridgehead atoms. The minimum absolute atomic E-state index is 0.0381. The Morgan fingerprint density at radius 2 is 1.75 bits per heavy atom. The van der Waals surface area contributed by atoms with Crippen molar-refractivity contribution in [2.24, 2.45) is 0 Å². The molecule has 0 aliphatic heterocycles. The molecule has 9 nitrogen and oxygen atoms in total. The monoisotopic (exact) mass is 464 g/mol. The lowest BCUT2D eigenvalue weighted by molar-refractivity contribution is -0.119. The number of amides is 1. The largest absolute Gasteiger partial charge is 0.493 e. The van der Waals surface area contributed by atoms with Crippen molar-refractivity contribution in [1.82, 2.24) is 4.31 Å². The van der Waals surface area contributed by atoms with Crippen LogP contribution in [0.5, 0.6) is 11.5 Å². The van der Waals surface area contributed by atoms with Crippen LogP contribution in [0.2, 0.25) is 0 Å².